The van der Waals surface area contributed by atoms with Gasteiger partial charge < -0.3 is 20.0 Å². The maximum atomic E-state index is 13.1. The summed E-state index contributed by atoms with van der Waals surface area (Å²) in [5, 5.41) is 16.5. The second kappa shape index (κ2) is 8.04. The van der Waals surface area contributed by atoms with Crippen LogP contribution < -0.4 is 20.9 Å². The third kappa shape index (κ3) is 3.47. The maximum absolute atomic E-state index is 13.1. The van der Waals surface area contributed by atoms with E-state index in [1.807, 2.05) is 4.90 Å². The molecule has 32 heavy (non-hydrogen) atoms. The van der Waals surface area contributed by atoms with E-state index in [9.17, 15) is 19.2 Å². The highest BCUT2D eigenvalue weighted by atomic mass is 16.4. The molecule has 3 aliphatic rings. The number of amides is 4. The van der Waals surface area contributed by atoms with Crippen molar-refractivity contribution >= 4 is 35.7 Å². The van der Waals surface area contributed by atoms with E-state index in [1.54, 1.807) is 18.2 Å². The van der Waals surface area contributed by atoms with Crippen molar-refractivity contribution in [3.63, 3.8) is 0 Å². The van der Waals surface area contributed by atoms with Gasteiger partial charge in [-0.05, 0) is 18.1 Å². The number of anilines is 2. The van der Waals surface area contributed by atoms with Crippen molar-refractivity contribution in [3.05, 3.63) is 34.9 Å². The van der Waals surface area contributed by atoms with Gasteiger partial charge in [-0.25, -0.2) is 0 Å². The minimum atomic E-state index is -1.00. The lowest BCUT2D eigenvalue weighted by molar-refractivity contribution is -0.136. The van der Waals surface area contributed by atoms with Crippen LogP contribution in [0.5, 0.6) is 0 Å². The Labute approximate surface area is 182 Å². The maximum Gasteiger partial charge on any atom is 0.319 e. The summed E-state index contributed by atoms with van der Waals surface area (Å²) in [4.78, 5) is 52.6. The highest BCUT2D eigenvalue weighted by molar-refractivity contribution is 6.24. The lowest BCUT2D eigenvalue weighted by atomic mass is 10.0. The highest BCUT2D eigenvalue weighted by Gasteiger charge is 2.45. The second-order valence-corrected chi connectivity index (χ2v) is 7.77. The first-order valence-corrected chi connectivity index (χ1v) is 10.4. The first-order valence-electron chi connectivity index (χ1n) is 10.4. The van der Waals surface area contributed by atoms with Gasteiger partial charge in [-0.1, -0.05) is 22.3 Å². The summed E-state index contributed by atoms with van der Waals surface area (Å²) in [5.74, 6) is -2.14. The third-order valence-corrected chi connectivity index (χ3v) is 5.79. The molecule has 4 amide bonds. The molecule has 12 heteroatoms. The standard InChI is InChI=1S/C20H21N7O5/c28-14-5-4-13(16(29)23-14)27-17(30)12-3-1-2-11(15(12)18(27)31)10-22-19-24-25-20(32-19)26-8-6-21-7-9-26/h1-3,13,21H,4-10H2,(H,22,24)(H,23,28,29). The molecule has 2 saturated heterocycles. The molecule has 1 aromatic heterocycles. The van der Waals surface area contributed by atoms with Crippen molar-refractivity contribution in [1.82, 2.24) is 25.7 Å². The average Bonchev–Trinajstić information content (AvgIpc) is 3.37. The number of nitrogens with zero attached hydrogens (tertiary/aromatic N) is 4. The Morgan fingerprint density at radius 3 is 2.69 bits per heavy atom. The van der Waals surface area contributed by atoms with Crippen molar-refractivity contribution in [2.45, 2.75) is 25.4 Å². The van der Waals surface area contributed by atoms with Crippen LogP contribution >= 0.6 is 0 Å². The van der Waals surface area contributed by atoms with Crippen LogP contribution in [0.1, 0.15) is 39.1 Å². The van der Waals surface area contributed by atoms with Crippen LogP contribution in [0.15, 0.2) is 22.6 Å². The van der Waals surface area contributed by atoms with Crippen LogP contribution in [0.25, 0.3) is 0 Å². The Bertz CT molecular complexity index is 1110. The summed E-state index contributed by atoms with van der Waals surface area (Å²) < 4.78 is 5.67. The van der Waals surface area contributed by atoms with E-state index in [0.717, 1.165) is 31.1 Å². The number of hydrogen-bond donors (Lipinski definition) is 3. The summed E-state index contributed by atoms with van der Waals surface area (Å²) in [5.41, 5.74) is 1.03. The predicted molar refractivity (Wildman–Crippen MR) is 110 cm³/mol. The fourth-order valence-electron chi connectivity index (χ4n) is 4.17. The SMILES string of the molecule is O=C1CCC(N2C(=O)c3cccc(CNc4nnc(N5CCNCC5)o4)c3C2=O)C(=O)N1. The van der Waals surface area contributed by atoms with E-state index in [1.165, 1.54) is 0 Å². The molecule has 0 aliphatic carbocycles. The molecule has 0 spiro atoms. The molecule has 5 rings (SSSR count). The topological polar surface area (TPSA) is 150 Å². The van der Waals surface area contributed by atoms with Crippen LogP contribution in [0, 0.1) is 0 Å². The Hall–Kier alpha value is -3.80. The molecule has 3 N–H and O–H groups in total. The number of carbonyl (C=O) groups is 4. The zero-order chi connectivity index (χ0) is 22.2. The number of fused-ring (bicyclic) bond motifs is 1. The first kappa shape index (κ1) is 20.1. The minimum absolute atomic E-state index is 0.0742. The number of hydrogen-bond acceptors (Lipinski definition) is 10. The first-order chi connectivity index (χ1) is 15.5. The van der Waals surface area contributed by atoms with Gasteiger partial charge in [-0.2, -0.15) is 0 Å². The zero-order valence-electron chi connectivity index (χ0n) is 17.1. The molecule has 1 aromatic carbocycles. The van der Waals surface area contributed by atoms with E-state index in [4.69, 9.17) is 4.42 Å². The lowest BCUT2D eigenvalue weighted by Gasteiger charge is -2.27. The van der Waals surface area contributed by atoms with Gasteiger partial charge in [0.25, 0.3) is 11.8 Å². The van der Waals surface area contributed by atoms with Crippen LogP contribution in [0.2, 0.25) is 0 Å². The number of imide groups is 2. The van der Waals surface area contributed by atoms with Gasteiger partial charge in [-0.15, -0.1) is 0 Å². The molecule has 0 radical (unpaired) electrons. The van der Waals surface area contributed by atoms with E-state index in [-0.39, 0.29) is 36.5 Å². The monoisotopic (exact) mass is 439 g/mol. The zero-order valence-corrected chi connectivity index (χ0v) is 17.1. The second-order valence-electron chi connectivity index (χ2n) is 7.77. The normalized spacial score (nSPS) is 21.1. The molecule has 2 aromatic rings. The van der Waals surface area contributed by atoms with Crippen molar-refractivity contribution in [2.24, 2.45) is 0 Å². The Balaban J connectivity index is 1.33. The van der Waals surface area contributed by atoms with Crippen LogP contribution in [-0.2, 0) is 16.1 Å². The van der Waals surface area contributed by atoms with Gasteiger partial charge in [0.1, 0.15) is 6.04 Å². The molecule has 0 saturated carbocycles. The van der Waals surface area contributed by atoms with E-state index in [2.05, 4.69) is 26.1 Å². The molecular formula is C20H21N7O5. The summed E-state index contributed by atoms with van der Waals surface area (Å²) >= 11 is 0. The average molecular weight is 439 g/mol. The van der Waals surface area contributed by atoms with Gasteiger partial charge in [0, 0.05) is 39.1 Å². The fraction of sp³-hybridized carbons (Fsp3) is 0.400. The van der Waals surface area contributed by atoms with Crippen molar-refractivity contribution in [3.8, 4) is 0 Å². The van der Waals surface area contributed by atoms with Gasteiger partial charge in [-0.3, -0.25) is 29.4 Å². The number of carbonyl (C=O) groups excluding carboxylic acids is 4. The van der Waals surface area contributed by atoms with Gasteiger partial charge in [0.05, 0.1) is 11.1 Å². The van der Waals surface area contributed by atoms with Gasteiger partial charge in [0.2, 0.25) is 11.8 Å². The van der Waals surface area contributed by atoms with Crippen molar-refractivity contribution < 1.29 is 23.6 Å². The molecule has 166 valence electrons. The van der Waals surface area contributed by atoms with Crippen LogP contribution in [0.4, 0.5) is 12.0 Å². The molecule has 1 unspecified atom stereocenters. The van der Waals surface area contributed by atoms with E-state index in [0.29, 0.717) is 11.6 Å². The van der Waals surface area contributed by atoms with Crippen LogP contribution in [0.3, 0.4) is 0 Å². The number of rotatable bonds is 5. The lowest BCUT2D eigenvalue weighted by Crippen LogP contribution is -2.54. The molecule has 3 aliphatic heterocycles. The molecule has 2 fully saturated rings. The molecular weight excluding hydrogens is 418 g/mol. The minimum Gasteiger partial charge on any atom is -0.389 e. The smallest absolute Gasteiger partial charge is 0.319 e. The molecule has 0 bridgehead atoms. The van der Waals surface area contributed by atoms with Crippen molar-refractivity contribution in [1.29, 1.82) is 0 Å². The summed E-state index contributed by atoms with van der Waals surface area (Å²) in [7, 11) is 0. The summed E-state index contributed by atoms with van der Waals surface area (Å²) in [6.45, 7) is 3.37. The summed E-state index contributed by atoms with van der Waals surface area (Å²) in [6.07, 6.45) is 0.186. The molecule has 12 nitrogen and oxygen atoms in total. The fourth-order valence-corrected chi connectivity index (χ4v) is 4.17. The number of benzene rings is 1. The van der Waals surface area contributed by atoms with E-state index >= 15 is 0 Å². The van der Waals surface area contributed by atoms with Crippen molar-refractivity contribution in [2.75, 3.05) is 36.4 Å². The molecule has 1 atom stereocenters. The Morgan fingerprint density at radius 1 is 1.09 bits per heavy atom. The summed E-state index contributed by atoms with van der Waals surface area (Å²) in [6, 6.07) is 4.57. The highest BCUT2D eigenvalue weighted by Crippen LogP contribution is 2.30. The van der Waals surface area contributed by atoms with Gasteiger partial charge >= 0.3 is 12.0 Å². The quantitative estimate of drug-likeness (QED) is 0.520. The number of piperazine rings is 1. The number of piperidine rings is 1. The Kier molecular flexibility index (Phi) is 5.05. The Morgan fingerprint density at radius 2 is 1.91 bits per heavy atom. The number of nitrogens with one attached hydrogen (secondary N) is 3. The van der Waals surface area contributed by atoms with Gasteiger partial charge in [0.15, 0.2) is 0 Å². The largest absolute Gasteiger partial charge is 0.389 e. The van der Waals surface area contributed by atoms with Crippen LogP contribution in [-0.4, -0.2) is 70.9 Å². The predicted octanol–water partition coefficient (Wildman–Crippen LogP) is -0.507. The third-order valence-electron chi connectivity index (χ3n) is 5.79. The molecule has 4 heterocycles. The van der Waals surface area contributed by atoms with E-state index < -0.39 is 29.7 Å². The number of aromatic nitrogens is 2.